The Kier molecular flexibility index (Phi) is 4.60. The molecule has 2 aromatic heterocycles. The number of likely N-dealkylation sites (tertiary alicyclic amines) is 1. The summed E-state index contributed by atoms with van der Waals surface area (Å²) in [6.45, 7) is 3.35. The zero-order valence-electron chi connectivity index (χ0n) is 16.2. The van der Waals surface area contributed by atoms with Crippen LogP contribution in [0, 0.1) is 0 Å². The van der Waals surface area contributed by atoms with Gasteiger partial charge in [-0.2, -0.15) is 0 Å². The number of hydrogen-bond donors (Lipinski definition) is 0. The van der Waals surface area contributed by atoms with Crippen LogP contribution in [0.5, 0.6) is 0 Å². The second-order valence-electron chi connectivity index (χ2n) is 7.76. The highest BCUT2D eigenvalue weighted by Crippen LogP contribution is 2.27. The lowest BCUT2D eigenvalue weighted by atomic mass is 9.96. The van der Waals surface area contributed by atoms with Gasteiger partial charge in [-0.15, -0.1) is 10.2 Å². The molecule has 2 aliphatic heterocycles. The number of carbonyl (C=O) groups is 2. The average Bonchev–Trinajstić information content (AvgIpc) is 3.30. The number of rotatable bonds is 5. The van der Waals surface area contributed by atoms with Crippen LogP contribution >= 0.6 is 0 Å². The fourth-order valence-electron chi connectivity index (χ4n) is 4.45. The Hall–Kier alpha value is -3.06. The molecule has 5 rings (SSSR count). The molecule has 4 heterocycles. The first kappa shape index (κ1) is 18.0. The lowest BCUT2D eigenvalue weighted by Gasteiger charge is -2.31. The summed E-state index contributed by atoms with van der Waals surface area (Å²) in [6, 6.07) is 13.0. The molecule has 7 nitrogen and oxygen atoms in total. The Morgan fingerprint density at radius 3 is 2.28 bits per heavy atom. The molecule has 1 aromatic carbocycles. The van der Waals surface area contributed by atoms with Crippen LogP contribution in [0.1, 0.15) is 51.7 Å². The number of pyridine rings is 1. The lowest BCUT2D eigenvalue weighted by Crippen LogP contribution is -2.37. The molecule has 29 heavy (non-hydrogen) atoms. The second kappa shape index (κ2) is 7.40. The molecule has 3 aromatic rings. The van der Waals surface area contributed by atoms with Crippen molar-refractivity contribution in [1.82, 2.24) is 24.4 Å². The van der Waals surface area contributed by atoms with Crippen molar-refractivity contribution in [3.05, 3.63) is 65.6 Å². The van der Waals surface area contributed by atoms with E-state index in [2.05, 4.69) is 19.5 Å². The summed E-state index contributed by atoms with van der Waals surface area (Å²) >= 11 is 0. The molecule has 1 saturated heterocycles. The summed E-state index contributed by atoms with van der Waals surface area (Å²) in [7, 11) is 0. The van der Waals surface area contributed by atoms with Gasteiger partial charge in [0.05, 0.1) is 11.1 Å². The topological polar surface area (TPSA) is 70.8 Å². The van der Waals surface area contributed by atoms with E-state index in [1.165, 1.54) is 4.90 Å². The van der Waals surface area contributed by atoms with Crippen LogP contribution in [0.25, 0.3) is 5.65 Å². The Morgan fingerprint density at radius 2 is 1.55 bits per heavy atom. The van der Waals surface area contributed by atoms with Gasteiger partial charge in [-0.1, -0.05) is 18.2 Å². The summed E-state index contributed by atoms with van der Waals surface area (Å²) in [6.07, 6.45) is 4.91. The SMILES string of the molecule is O=C1c2ccccc2C(=O)N1CCCN1CCC(c2nnc3ccccn23)CC1. The summed E-state index contributed by atoms with van der Waals surface area (Å²) in [5.74, 6) is 1.14. The fraction of sp³-hybridized carbons (Fsp3) is 0.364. The van der Waals surface area contributed by atoms with Gasteiger partial charge in [0.25, 0.3) is 11.8 Å². The van der Waals surface area contributed by atoms with Crippen molar-refractivity contribution in [3.63, 3.8) is 0 Å². The van der Waals surface area contributed by atoms with E-state index in [-0.39, 0.29) is 11.8 Å². The highest BCUT2D eigenvalue weighted by Gasteiger charge is 2.34. The number of amides is 2. The molecule has 2 amide bonds. The molecule has 0 bridgehead atoms. The predicted molar refractivity (Wildman–Crippen MR) is 108 cm³/mol. The van der Waals surface area contributed by atoms with Gasteiger partial charge in [-0.3, -0.25) is 18.9 Å². The van der Waals surface area contributed by atoms with Crippen molar-refractivity contribution in [3.8, 4) is 0 Å². The van der Waals surface area contributed by atoms with Crippen molar-refractivity contribution in [2.24, 2.45) is 0 Å². The number of hydrogen-bond acceptors (Lipinski definition) is 5. The minimum absolute atomic E-state index is 0.164. The van der Waals surface area contributed by atoms with Gasteiger partial charge in [0, 0.05) is 18.7 Å². The van der Waals surface area contributed by atoms with Crippen LogP contribution in [0.2, 0.25) is 0 Å². The molecule has 0 unspecified atom stereocenters. The van der Waals surface area contributed by atoms with E-state index in [4.69, 9.17) is 0 Å². The van der Waals surface area contributed by atoms with Crippen LogP contribution in [0.3, 0.4) is 0 Å². The first-order valence-corrected chi connectivity index (χ1v) is 10.2. The van der Waals surface area contributed by atoms with Gasteiger partial charge in [0.15, 0.2) is 5.65 Å². The predicted octanol–water partition coefficient (Wildman–Crippen LogP) is 2.60. The minimum atomic E-state index is -0.164. The molecule has 2 aliphatic rings. The number of fused-ring (bicyclic) bond motifs is 2. The Bertz CT molecular complexity index is 1030. The van der Waals surface area contributed by atoms with E-state index in [1.54, 1.807) is 24.3 Å². The van der Waals surface area contributed by atoms with Gasteiger partial charge < -0.3 is 4.90 Å². The summed E-state index contributed by atoms with van der Waals surface area (Å²) in [5, 5.41) is 8.68. The van der Waals surface area contributed by atoms with E-state index in [9.17, 15) is 9.59 Å². The quantitative estimate of drug-likeness (QED) is 0.628. The van der Waals surface area contributed by atoms with Gasteiger partial charge in [0.1, 0.15) is 5.82 Å². The van der Waals surface area contributed by atoms with Crippen LogP contribution in [-0.2, 0) is 0 Å². The fourth-order valence-corrected chi connectivity index (χ4v) is 4.45. The number of carbonyl (C=O) groups excluding carboxylic acids is 2. The zero-order valence-corrected chi connectivity index (χ0v) is 16.2. The van der Waals surface area contributed by atoms with Crippen LogP contribution < -0.4 is 0 Å². The number of aromatic nitrogens is 3. The third-order valence-corrected chi connectivity index (χ3v) is 6.03. The molecule has 1 fully saturated rings. The molecule has 148 valence electrons. The maximum absolute atomic E-state index is 12.4. The van der Waals surface area contributed by atoms with Gasteiger partial charge in [-0.25, -0.2) is 0 Å². The minimum Gasteiger partial charge on any atom is -0.303 e. The molecule has 0 atom stereocenters. The van der Waals surface area contributed by atoms with Crippen molar-refractivity contribution in [2.45, 2.75) is 25.2 Å². The first-order valence-electron chi connectivity index (χ1n) is 10.2. The van der Waals surface area contributed by atoms with E-state index in [0.29, 0.717) is 23.6 Å². The summed E-state index contributed by atoms with van der Waals surface area (Å²) < 4.78 is 2.09. The third kappa shape index (κ3) is 3.21. The first-order chi connectivity index (χ1) is 14.2. The molecule has 0 radical (unpaired) electrons. The van der Waals surface area contributed by atoms with Crippen molar-refractivity contribution >= 4 is 17.5 Å². The molecule has 0 aliphatic carbocycles. The van der Waals surface area contributed by atoms with E-state index < -0.39 is 0 Å². The largest absolute Gasteiger partial charge is 0.303 e. The van der Waals surface area contributed by atoms with Crippen LogP contribution in [0.4, 0.5) is 0 Å². The standard InChI is InChI=1S/C22H23N5O2/c28-21-17-6-1-2-7-18(17)22(29)27(21)13-5-11-25-14-9-16(10-15-25)20-24-23-19-8-3-4-12-26(19)20/h1-4,6-8,12,16H,5,9-11,13-15H2. The maximum atomic E-state index is 12.4. The maximum Gasteiger partial charge on any atom is 0.261 e. The van der Waals surface area contributed by atoms with Crippen LogP contribution in [0.15, 0.2) is 48.7 Å². The Labute approximate surface area is 168 Å². The molecule has 0 saturated carbocycles. The highest BCUT2D eigenvalue weighted by molar-refractivity contribution is 6.21. The number of imide groups is 1. The zero-order chi connectivity index (χ0) is 19.8. The van der Waals surface area contributed by atoms with Gasteiger partial charge >= 0.3 is 0 Å². The number of benzene rings is 1. The summed E-state index contributed by atoms with van der Waals surface area (Å²) in [4.78, 5) is 28.7. The normalized spacial score (nSPS) is 18.0. The molecular weight excluding hydrogens is 366 g/mol. The van der Waals surface area contributed by atoms with E-state index in [1.807, 2.05) is 24.4 Å². The van der Waals surface area contributed by atoms with Crippen LogP contribution in [-0.4, -0.2) is 62.4 Å². The Balaban J connectivity index is 1.14. The van der Waals surface area contributed by atoms with E-state index in [0.717, 1.165) is 50.4 Å². The smallest absolute Gasteiger partial charge is 0.261 e. The summed E-state index contributed by atoms with van der Waals surface area (Å²) in [5.41, 5.74) is 1.95. The van der Waals surface area contributed by atoms with Crippen molar-refractivity contribution in [1.29, 1.82) is 0 Å². The number of nitrogens with zero attached hydrogens (tertiary/aromatic N) is 5. The number of piperidine rings is 1. The monoisotopic (exact) mass is 389 g/mol. The highest BCUT2D eigenvalue weighted by atomic mass is 16.2. The molecule has 0 N–H and O–H groups in total. The van der Waals surface area contributed by atoms with Crippen molar-refractivity contribution in [2.75, 3.05) is 26.2 Å². The third-order valence-electron chi connectivity index (χ3n) is 6.03. The van der Waals surface area contributed by atoms with Gasteiger partial charge in [0.2, 0.25) is 0 Å². The lowest BCUT2D eigenvalue weighted by molar-refractivity contribution is 0.0645. The Morgan fingerprint density at radius 1 is 0.862 bits per heavy atom. The van der Waals surface area contributed by atoms with Gasteiger partial charge in [-0.05, 0) is 63.2 Å². The molecule has 7 heteroatoms. The molecule has 0 spiro atoms. The molecular formula is C22H23N5O2. The van der Waals surface area contributed by atoms with E-state index >= 15 is 0 Å². The van der Waals surface area contributed by atoms with Crippen molar-refractivity contribution < 1.29 is 9.59 Å². The second-order valence-corrected chi connectivity index (χ2v) is 7.76. The average molecular weight is 389 g/mol.